The fourth-order valence-electron chi connectivity index (χ4n) is 4.86. The average Bonchev–Trinajstić information content (AvgIpc) is 3.60. The minimum atomic E-state index is -0.386. The van der Waals surface area contributed by atoms with E-state index >= 15 is 0 Å². The molecule has 2 atom stereocenters. The summed E-state index contributed by atoms with van der Waals surface area (Å²) in [6.45, 7) is 1.61. The number of benzene rings is 2. The molecule has 2 aliphatic heterocycles. The first kappa shape index (κ1) is 26.5. The van der Waals surface area contributed by atoms with Crippen LogP contribution in [-0.2, 0) is 16.0 Å². The maximum absolute atomic E-state index is 13.7. The van der Waals surface area contributed by atoms with Crippen molar-refractivity contribution < 1.29 is 23.5 Å². The number of amides is 3. The summed E-state index contributed by atoms with van der Waals surface area (Å²) >= 11 is 7.75. The van der Waals surface area contributed by atoms with Gasteiger partial charge in [0, 0.05) is 35.3 Å². The summed E-state index contributed by atoms with van der Waals surface area (Å²) in [7, 11) is 0. The summed E-state index contributed by atoms with van der Waals surface area (Å²) < 4.78 is 25.1. The van der Waals surface area contributed by atoms with E-state index in [2.05, 4.69) is 5.32 Å². The van der Waals surface area contributed by atoms with Gasteiger partial charge in [-0.3, -0.25) is 4.79 Å². The highest BCUT2D eigenvalue weighted by atomic mass is 35.5. The molecule has 3 amide bonds. The molecule has 38 heavy (non-hydrogen) atoms. The van der Waals surface area contributed by atoms with Crippen molar-refractivity contribution in [1.29, 1.82) is 0 Å². The molecule has 1 N–H and O–H groups in total. The Hall–Kier alpha value is -3.14. The lowest BCUT2D eigenvalue weighted by Crippen LogP contribution is -2.50. The van der Waals surface area contributed by atoms with Gasteiger partial charge in [-0.05, 0) is 78.7 Å². The van der Waals surface area contributed by atoms with Gasteiger partial charge < -0.3 is 24.6 Å². The zero-order valence-electron chi connectivity index (χ0n) is 20.8. The van der Waals surface area contributed by atoms with Crippen molar-refractivity contribution in [2.45, 2.75) is 31.4 Å². The van der Waals surface area contributed by atoms with Crippen LogP contribution in [0.25, 0.3) is 0 Å². The van der Waals surface area contributed by atoms with E-state index in [0.29, 0.717) is 36.2 Å². The van der Waals surface area contributed by atoms with Gasteiger partial charge in [0.15, 0.2) is 0 Å². The number of thiophene rings is 1. The molecule has 0 saturated carbocycles. The van der Waals surface area contributed by atoms with E-state index in [4.69, 9.17) is 21.1 Å². The molecule has 3 heterocycles. The third-order valence-corrected chi connectivity index (χ3v) is 8.01. The minimum absolute atomic E-state index is 0.0984. The lowest BCUT2D eigenvalue weighted by atomic mass is 10.0. The Morgan fingerprint density at radius 3 is 2.82 bits per heavy atom. The summed E-state index contributed by atoms with van der Waals surface area (Å²) in [5.41, 5.74) is 1.60. The maximum atomic E-state index is 13.7. The van der Waals surface area contributed by atoms with Gasteiger partial charge in [-0.1, -0.05) is 17.7 Å². The van der Waals surface area contributed by atoms with E-state index in [1.165, 1.54) is 21.9 Å². The molecule has 200 valence electrons. The van der Waals surface area contributed by atoms with Crippen LogP contribution in [0.5, 0.6) is 5.75 Å². The highest BCUT2D eigenvalue weighted by Crippen LogP contribution is 2.34. The molecule has 3 aromatic rings. The lowest BCUT2D eigenvalue weighted by molar-refractivity contribution is -0.135. The van der Waals surface area contributed by atoms with Crippen LogP contribution in [0.1, 0.15) is 29.3 Å². The largest absolute Gasteiger partial charge is 0.491 e. The molecule has 0 aliphatic carbocycles. The predicted molar refractivity (Wildman–Crippen MR) is 145 cm³/mol. The fraction of sp³-hybridized carbons (Fsp3) is 0.357. The first-order valence-corrected chi connectivity index (χ1v) is 13.9. The van der Waals surface area contributed by atoms with Gasteiger partial charge in [0.1, 0.15) is 24.7 Å². The molecule has 2 aromatic carbocycles. The first-order chi connectivity index (χ1) is 18.5. The topological polar surface area (TPSA) is 71.1 Å². The molecule has 7 nitrogen and oxygen atoms in total. The Morgan fingerprint density at radius 1 is 1.21 bits per heavy atom. The number of urea groups is 1. The Kier molecular flexibility index (Phi) is 8.46. The van der Waals surface area contributed by atoms with Gasteiger partial charge in [-0.2, -0.15) is 0 Å². The quantitative estimate of drug-likeness (QED) is 0.382. The van der Waals surface area contributed by atoms with Crippen LogP contribution < -0.4 is 10.1 Å². The molecule has 0 bridgehead atoms. The van der Waals surface area contributed by atoms with E-state index in [0.717, 1.165) is 24.8 Å². The van der Waals surface area contributed by atoms with Crippen LogP contribution in [0.3, 0.4) is 0 Å². The van der Waals surface area contributed by atoms with E-state index < -0.39 is 0 Å². The number of rotatable bonds is 8. The molecule has 1 fully saturated rings. The number of ether oxygens (including phenoxy) is 2. The van der Waals surface area contributed by atoms with E-state index in [-0.39, 0.29) is 43.1 Å². The first-order valence-electron chi connectivity index (χ1n) is 12.6. The van der Waals surface area contributed by atoms with Gasteiger partial charge in [-0.25, -0.2) is 9.18 Å². The molecule has 0 radical (unpaired) electrons. The number of hydrogen-bond acceptors (Lipinski definition) is 5. The van der Waals surface area contributed by atoms with Crippen LogP contribution >= 0.6 is 22.9 Å². The van der Waals surface area contributed by atoms with Crippen molar-refractivity contribution >= 4 is 40.6 Å². The zero-order valence-corrected chi connectivity index (χ0v) is 22.3. The lowest BCUT2D eigenvalue weighted by Gasteiger charge is -2.37. The zero-order chi connectivity index (χ0) is 26.5. The number of carbonyl (C=O) groups is 2. The third kappa shape index (κ3) is 6.46. The minimum Gasteiger partial charge on any atom is -0.491 e. The Bertz CT molecular complexity index is 1260. The van der Waals surface area contributed by atoms with Gasteiger partial charge in [0.25, 0.3) is 0 Å². The number of nitrogens with one attached hydrogen (secondary N) is 1. The monoisotopic (exact) mass is 557 g/mol. The second kappa shape index (κ2) is 12.1. The van der Waals surface area contributed by atoms with Crippen molar-refractivity contribution in [2.24, 2.45) is 0 Å². The Labute approximate surface area is 230 Å². The number of carbonyl (C=O) groups excluding carboxylic acids is 2. The van der Waals surface area contributed by atoms with E-state index in [9.17, 15) is 14.0 Å². The van der Waals surface area contributed by atoms with Gasteiger partial charge in [0.2, 0.25) is 5.91 Å². The SMILES string of the molecule is O=C(Nc1cccc(Cl)c1)N(CC(=O)N1CCc2sccc2[C@@H]1COc1ccc(F)cc1)C[C@H]1CCCO1. The highest BCUT2D eigenvalue weighted by molar-refractivity contribution is 7.10. The van der Waals surface area contributed by atoms with E-state index in [1.54, 1.807) is 52.6 Å². The number of halogens is 2. The standard InChI is InChI=1S/C28H29ClFN3O4S/c29-19-3-1-4-21(15-19)31-28(35)32(16-23-5-2-13-36-23)17-27(34)33-12-10-26-24(11-14-38-26)25(33)18-37-22-8-6-20(30)7-9-22/h1,3-4,6-9,11,14-15,23,25H,2,5,10,12-13,16-18H2,(H,31,35)/t23-,25+/m1/s1. The number of anilines is 1. The van der Waals surface area contributed by atoms with Gasteiger partial charge >= 0.3 is 6.03 Å². The predicted octanol–water partition coefficient (Wildman–Crippen LogP) is 5.76. The molecule has 0 unspecified atom stereocenters. The molecule has 0 spiro atoms. The van der Waals surface area contributed by atoms with E-state index in [1.807, 2.05) is 11.4 Å². The Balaban J connectivity index is 1.32. The summed E-state index contributed by atoms with van der Waals surface area (Å²) in [5.74, 6) is 0.0187. The third-order valence-electron chi connectivity index (χ3n) is 6.77. The molecule has 1 aromatic heterocycles. The second-order valence-corrected chi connectivity index (χ2v) is 10.8. The average molecular weight is 558 g/mol. The molecule has 10 heteroatoms. The smallest absolute Gasteiger partial charge is 0.322 e. The van der Waals surface area contributed by atoms with Crippen molar-refractivity contribution in [1.82, 2.24) is 9.80 Å². The van der Waals surface area contributed by atoms with Crippen molar-refractivity contribution in [3.8, 4) is 5.75 Å². The number of hydrogen-bond donors (Lipinski definition) is 1. The van der Waals surface area contributed by atoms with Crippen molar-refractivity contribution in [2.75, 3.05) is 38.2 Å². The van der Waals surface area contributed by atoms with Crippen LogP contribution in [0.15, 0.2) is 60.0 Å². The van der Waals surface area contributed by atoms with Crippen molar-refractivity contribution in [3.63, 3.8) is 0 Å². The maximum Gasteiger partial charge on any atom is 0.322 e. The molecular weight excluding hydrogens is 529 g/mol. The van der Waals surface area contributed by atoms with Gasteiger partial charge in [0.05, 0.1) is 12.1 Å². The normalized spacial score (nSPS) is 18.6. The summed E-state index contributed by atoms with van der Waals surface area (Å²) in [4.78, 5) is 31.5. The van der Waals surface area contributed by atoms with Crippen molar-refractivity contribution in [3.05, 3.63) is 81.3 Å². The van der Waals surface area contributed by atoms with Crippen LogP contribution in [0.4, 0.5) is 14.9 Å². The molecule has 2 aliphatic rings. The van der Waals surface area contributed by atoms with Crippen LogP contribution in [0.2, 0.25) is 5.02 Å². The number of fused-ring (bicyclic) bond motifs is 1. The second-order valence-electron chi connectivity index (χ2n) is 9.37. The molecular formula is C28H29ClFN3O4S. The van der Waals surface area contributed by atoms with Crippen LogP contribution in [0, 0.1) is 5.82 Å². The summed E-state index contributed by atoms with van der Waals surface area (Å²) in [5, 5.41) is 5.39. The van der Waals surface area contributed by atoms with Crippen LogP contribution in [-0.4, -0.2) is 60.7 Å². The summed E-state index contributed by atoms with van der Waals surface area (Å²) in [6, 6.07) is 14.1. The highest BCUT2D eigenvalue weighted by Gasteiger charge is 2.34. The molecule has 1 saturated heterocycles. The fourth-order valence-corrected chi connectivity index (χ4v) is 5.98. The van der Waals surface area contributed by atoms with Gasteiger partial charge in [-0.15, -0.1) is 11.3 Å². The number of nitrogens with zero attached hydrogens (tertiary/aromatic N) is 2. The Morgan fingerprint density at radius 2 is 2.05 bits per heavy atom. The summed E-state index contributed by atoms with van der Waals surface area (Å²) in [6.07, 6.45) is 2.39. The molecule has 5 rings (SSSR count).